The predicted molar refractivity (Wildman–Crippen MR) is 67.9 cm³/mol. The number of hydrogen-bond donors (Lipinski definition) is 1. The smallest absolute Gasteiger partial charge is 0.00431 e. The largest absolute Gasteiger partial charge is 0.317 e. The molecule has 0 saturated carbocycles. The van der Waals surface area contributed by atoms with Gasteiger partial charge >= 0.3 is 0 Å². The van der Waals surface area contributed by atoms with Crippen LogP contribution >= 0.6 is 0 Å². The Kier molecular flexibility index (Phi) is 2.72. The van der Waals surface area contributed by atoms with Crippen molar-refractivity contribution in [2.45, 2.75) is 38.5 Å². The van der Waals surface area contributed by atoms with Gasteiger partial charge < -0.3 is 5.32 Å². The summed E-state index contributed by atoms with van der Waals surface area (Å²) in [4.78, 5) is 0. The second-order valence-corrected chi connectivity index (χ2v) is 5.57. The molecule has 0 spiro atoms. The summed E-state index contributed by atoms with van der Waals surface area (Å²) in [5.74, 6) is 1.67. The fourth-order valence-corrected chi connectivity index (χ4v) is 3.27. The minimum absolute atomic E-state index is 0.808. The van der Waals surface area contributed by atoms with Gasteiger partial charge in [-0.3, -0.25) is 0 Å². The summed E-state index contributed by atoms with van der Waals surface area (Å²) < 4.78 is 0. The number of nitrogens with one attached hydrogen (secondary N) is 1. The first-order chi connectivity index (χ1) is 7.83. The van der Waals surface area contributed by atoms with Gasteiger partial charge in [-0.2, -0.15) is 0 Å². The highest BCUT2D eigenvalue weighted by Gasteiger charge is 2.20. The Morgan fingerprint density at radius 3 is 2.62 bits per heavy atom. The summed E-state index contributed by atoms with van der Waals surface area (Å²) in [7, 11) is 0. The summed E-state index contributed by atoms with van der Waals surface area (Å²) in [6.07, 6.45) is 5.22. The lowest BCUT2D eigenvalue weighted by atomic mass is 9.88. The van der Waals surface area contributed by atoms with Crippen LogP contribution in [-0.2, 0) is 12.8 Å². The zero-order chi connectivity index (χ0) is 11.0. The molecule has 1 heterocycles. The van der Waals surface area contributed by atoms with E-state index in [2.05, 4.69) is 30.4 Å². The first-order valence-corrected chi connectivity index (χ1v) is 6.65. The molecule has 1 aromatic carbocycles. The predicted octanol–water partition coefficient (Wildman–Crippen LogP) is 2.89. The Hall–Kier alpha value is -0.820. The number of rotatable bonds is 1. The van der Waals surface area contributed by atoms with E-state index in [0.29, 0.717) is 0 Å². The normalized spacial score (nSPS) is 25.7. The van der Waals surface area contributed by atoms with Crippen LogP contribution in [0.25, 0.3) is 0 Å². The molecule has 2 aliphatic rings. The zero-order valence-corrected chi connectivity index (χ0v) is 10.1. The van der Waals surface area contributed by atoms with Gasteiger partial charge in [0.25, 0.3) is 0 Å². The van der Waals surface area contributed by atoms with E-state index in [1.54, 1.807) is 16.7 Å². The van der Waals surface area contributed by atoms with Crippen LogP contribution in [0, 0.1) is 5.92 Å². The third kappa shape index (κ3) is 1.89. The Bertz CT molecular complexity index is 377. The molecule has 1 aliphatic carbocycles. The van der Waals surface area contributed by atoms with E-state index in [-0.39, 0.29) is 0 Å². The van der Waals surface area contributed by atoms with Gasteiger partial charge in [0, 0.05) is 0 Å². The van der Waals surface area contributed by atoms with E-state index >= 15 is 0 Å². The molecule has 86 valence electrons. The van der Waals surface area contributed by atoms with Gasteiger partial charge in [-0.25, -0.2) is 0 Å². The van der Waals surface area contributed by atoms with Crippen molar-refractivity contribution in [1.29, 1.82) is 0 Å². The number of hydrogen-bond acceptors (Lipinski definition) is 1. The maximum atomic E-state index is 3.44. The van der Waals surface area contributed by atoms with Crippen molar-refractivity contribution >= 4 is 0 Å². The molecule has 3 rings (SSSR count). The molecule has 0 radical (unpaired) electrons. The maximum Gasteiger partial charge on any atom is -0.00431 e. The van der Waals surface area contributed by atoms with Crippen molar-refractivity contribution in [3.05, 3.63) is 34.9 Å². The lowest BCUT2D eigenvalue weighted by Crippen LogP contribution is -2.26. The molecule has 1 aromatic rings. The van der Waals surface area contributed by atoms with E-state index < -0.39 is 0 Å². The summed E-state index contributed by atoms with van der Waals surface area (Å²) in [5, 5.41) is 3.44. The SMILES string of the molecule is CC1Cc2ccc(C3CCNCC3)cc2C1. The number of benzene rings is 1. The van der Waals surface area contributed by atoms with Crippen LogP contribution < -0.4 is 5.32 Å². The molecular weight excluding hydrogens is 194 g/mol. The maximum absolute atomic E-state index is 3.44. The standard InChI is InChI=1S/C15H21N/c1-11-8-13-2-3-14(10-15(13)9-11)12-4-6-16-7-5-12/h2-3,10-12,16H,4-9H2,1H3. The monoisotopic (exact) mass is 215 g/mol. The van der Waals surface area contributed by atoms with Crippen LogP contribution in [0.2, 0.25) is 0 Å². The van der Waals surface area contributed by atoms with Crippen molar-refractivity contribution in [2.24, 2.45) is 5.92 Å². The molecule has 1 unspecified atom stereocenters. The fourth-order valence-electron chi connectivity index (χ4n) is 3.27. The van der Waals surface area contributed by atoms with E-state index in [1.807, 2.05) is 0 Å². The van der Waals surface area contributed by atoms with Gasteiger partial charge in [-0.15, -0.1) is 0 Å². The molecular formula is C15H21N. The van der Waals surface area contributed by atoms with Crippen LogP contribution in [0.1, 0.15) is 42.4 Å². The van der Waals surface area contributed by atoms with Crippen molar-refractivity contribution in [3.8, 4) is 0 Å². The Morgan fingerprint density at radius 1 is 1.06 bits per heavy atom. The van der Waals surface area contributed by atoms with E-state index in [4.69, 9.17) is 0 Å². The fraction of sp³-hybridized carbons (Fsp3) is 0.600. The summed E-state index contributed by atoms with van der Waals surface area (Å²) >= 11 is 0. The van der Waals surface area contributed by atoms with Gasteiger partial charge in [0.15, 0.2) is 0 Å². The second-order valence-electron chi connectivity index (χ2n) is 5.57. The van der Waals surface area contributed by atoms with Crippen LogP contribution in [0.3, 0.4) is 0 Å². The van der Waals surface area contributed by atoms with Gasteiger partial charge in [-0.1, -0.05) is 25.1 Å². The lowest BCUT2D eigenvalue weighted by molar-refractivity contribution is 0.460. The van der Waals surface area contributed by atoms with Crippen molar-refractivity contribution in [2.75, 3.05) is 13.1 Å². The van der Waals surface area contributed by atoms with Crippen LogP contribution in [0.5, 0.6) is 0 Å². The van der Waals surface area contributed by atoms with Gasteiger partial charge in [0.1, 0.15) is 0 Å². The summed E-state index contributed by atoms with van der Waals surface area (Å²) in [6, 6.07) is 7.26. The minimum Gasteiger partial charge on any atom is -0.317 e. The average Bonchev–Trinajstić information content (AvgIpc) is 2.69. The first kappa shape index (κ1) is 10.3. The number of piperidine rings is 1. The molecule has 16 heavy (non-hydrogen) atoms. The molecule has 1 fully saturated rings. The molecule has 0 bridgehead atoms. The molecule has 0 amide bonds. The Labute approximate surface area is 98.3 Å². The molecule has 1 atom stereocenters. The van der Waals surface area contributed by atoms with Crippen molar-refractivity contribution in [1.82, 2.24) is 5.32 Å². The van der Waals surface area contributed by atoms with E-state index in [0.717, 1.165) is 11.8 Å². The highest BCUT2D eigenvalue weighted by Crippen LogP contribution is 2.32. The summed E-state index contributed by atoms with van der Waals surface area (Å²) in [6.45, 7) is 4.75. The summed E-state index contributed by atoms with van der Waals surface area (Å²) in [5.41, 5.74) is 4.82. The van der Waals surface area contributed by atoms with Crippen LogP contribution in [-0.4, -0.2) is 13.1 Å². The van der Waals surface area contributed by atoms with E-state index in [1.165, 1.54) is 38.8 Å². The van der Waals surface area contributed by atoms with Gasteiger partial charge in [0.05, 0.1) is 0 Å². The highest BCUT2D eigenvalue weighted by molar-refractivity contribution is 5.37. The van der Waals surface area contributed by atoms with Gasteiger partial charge in [0.2, 0.25) is 0 Å². The third-order valence-corrected chi connectivity index (χ3v) is 4.18. The second kappa shape index (κ2) is 4.21. The van der Waals surface area contributed by atoms with E-state index in [9.17, 15) is 0 Å². The lowest BCUT2D eigenvalue weighted by Gasteiger charge is -2.23. The Balaban J connectivity index is 1.84. The zero-order valence-electron chi connectivity index (χ0n) is 10.1. The quantitative estimate of drug-likeness (QED) is 0.759. The molecule has 1 N–H and O–H groups in total. The minimum atomic E-state index is 0.808. The molecule has 1 heteroatoms. The Morgan fingerprint density at radius 2 is 1.81 bits per heavy atom. The third-order valence-electron chi connectivity index (χ3n) is 4.18. The van der Waals surface area contributed by atoms with Crippen molar-refractivity contribution < 1.29 is 0 Å². The van der Waals surface area contributed by atoms with Crippen LogP contribution in [0.4, 0.5) is 0 Å². The molecule has 1 saturated heterocycles. The average molecular weight is 215 g/mol. The molecule has 1 nitrogen and oxygen atoms in total. The molecule has 0 aromatic heterocycles. The molecule has 1 aliphatic heterocycles. The van der Waals surface area contributed by atoms with Crippen molar-refractivity contribution in [3.63, 3.8) is 0 Å². The first-order valence-electron chi connectivity index (χ1n) is 6.65. The van der Waals surface area contributed by atoms with Crippen LogP contribution in [0.15, 0.2) is 18.2 Å². The topological polar surface area (TPSA) is 12.0 Å². The highest BCUT2D eigenvalue weighted by atomic mass is 14.9. The number of fused-ring (bicyclic) bond motifs is 1. The van der Waals surface area contributed by atoms with Gasteiger partial charge in [-0.05, 0) is 67.3 Å².